The molecule has 35 heavy (non-hydrogen) atoms. The van der Waals surface area contributed by atoms with Crippen molar-refractivity contribution < 1.29 is 19.1 Å². The number of rotatable bonds is 2. The molecule has 0 saturated carbocycles. The monoisotopic (exact) mass is 481 g/mol. The zero-order chi connectivity index (χ0) is 24.5. The SMILES string of the molecule is Cc1cn2cc(NC(=O)N3CCc4c(N5CC6CCCC(C5)N6)ccnc43)c(F)cc2n1.O=CO. The van der Waals surface area contributed by atoms with Gasteiger partial charge in [-0.1, -0.05) is 6.42 Å². The van der Waals surface area contributed by atoms with Crippen LogP contribution in [-0.2, 0) is 11.2 Å². The van der Waals surface area contributed by atoms with Crippen LogP contribution in [0.25, 0.3) is 5.65 Å². The van der Waals surface area contributed by atoms with E-state index in [1.165, 1.54) is 31.0 Å². The van der Waals surface area contributed by atoms with Crippen LogP contribution < -0.4 is 20.4 Å². The van der Waals surface area contributed by atoms with Gasteiger partial charge in [-0.25, -0.2) is 19.2 Å². The second-order valence-corrected chi connectivity index (χ2v) is 9.15. The molecule has 3 aromatic heterocycles. The van der Waals surface area contributed by atoms with Crippen LogP contribution in [-0.4, -0.2) is 63.7 Å². The highest BCUT2D eigenvalue weighted by Crippen LogP contribution is 2.36. The van der Waals surface area contributed by atoms with Gasteiger partial charge in [-0.15, -0.1) is 0 Å². The van der Waals surface area contributed by atoms with Crippen LogP contribution in [0.1, 0.15) is 30.5 Å². The molecule has 3 aliphatic heterocycles. The first kappa shape index (κ1) is 23.0. The van der Waals surface area contributed by atoms with E-state index in [1.807, 2.05) is 6.92 Å². The molecule has 6 rings (SSSR count). The molecule has 0 spiro atoms. The van der Waals surface area contributed by atoms with Gasteiger partial charge in [-0.3, -0.25) is 9.69 Å². The van der Waals surface area contributed by atoms with E-state index in [4.69, 9.17) is 9.90 Å². The number of halogens is 1. The minimum Gasteiger partial charge on any atom is -0.483 e. The Morgan fingerprint density at radius 1 is 1.29 bits per heavy atom. The van der Waals surface area contributed by atoms with Crippen LogP contribution in [0.3, 0.4) is 0 Å². The fraction of sp³-hybridized carbons (Fsp3) is 0.417. The molecule has 2 saturated heterocycles. The molecule has 184 valence electrons. The number of imidazole rings is 1. The minimum atomic E-state index is -0.509. The summed E-state index contributed by atoms with van der Waals surface area (Å²) in [5, 5.41) is 13.3. The Labute approximate surface area is 201 Å². The fourth-order valence-electron chi connectivity index (χ4n) is 5.38. The predicted octanol–water partition coefficient (Wildman–Crippen LogP) is 2.80. The summed E-state index contributed by atoms with van der Waals surface area (Å²) in [4.78, 5) is 34.3. The van der Waals surface area contributed by atoms with Gasteiger partial charge >= 0.3 is 6.03 Å². The molecule has 6 heterocycles. The number of nitrogens with one attached hydrogen (secondary N) is 2. The minimum absolute atomic E-state index is 0.124. The molecule has 2 amide bonds. The lowest BCUT2D eigenvalue weighted by Crippen LogP contribution is -2.59. The number of urea groups is 1. The number of piperazine rings is 1. The van der Waals surface area contributed by atoms with Crippen molar-refractivity contribution in [1.29, 1.82) is 0 Å². The summed E-state index contributed by atoms with van der Waals surface area (Å²) in [7, 11) is 0. The van der Waals surface area contributed by atoms with Crippen molar-refractivity contribution in [3.05, 3.63) is 47.8 Å². The third-order valence-electron chi connectivity index (χ3n) is 6.80. The topological polar surface area (TPSA) is 115 Å². The van der Waals surface area contributed by atoms with Crippen molar-refractivity contribution in [1.82, 2.24) is 19.7 Å². The highest BCUT2D eigenvalue weighted by Gasteiger charge is 2.34. The lowest BCUT2D eigenvalue weighted by Gasteiger charge is -2.44. The molecule has 3 N–H and O–H groups in total. The number of anilines is 3. The van der Waals surface area contributed by atoms with Crippen molar-refractivity contribution in [2.24, 2.45) is 0 Å². The van der Waals surface area contributed by atoms with Gasteiger partial charge < -0.3 is 25.0 Å². The van der Waals surface area contributed by atoms with E-state index < -0.39 is 5.82 Å². The van der Waals surface area contributed by atoms with Crippen LogP contribution in [0.2, 0.25) is 0 Å². The van der Waals surface area contributed by atoms with Crippen molar-refractivity contribution >= 4 is 35.3 Å². The summed E-state index contributed by atoms with van der Waals surface area (Å²) in [6.07, 6.45) is 9.59. The van der Waals surface area contributed by atoms with Crippen molar-refractivity contribution in [3.8, 4) is 0 Å². The summed E-state index contributed by atoms with van der Waals surface area (Å²) in [6.45, 7) is 4.08. The smallest absolute Gasteiger partial charge is 0.327 e. The Morgan fingerprint density at radius 3 is 2.77 bits per heavy atom. The highest BCUT2D eigenvalue weighted by molar-refractivity contribution is 6.03. The van der Waals surface area contributed by atoms with Gasteiger partial charge in [0.2, 0.25) is 0 Å². The molecule has 0 aromatic carbocycles. The van der Waals surface area contributed by atoms with Gasteiger partial charge in [0.25, 0.3) is 6.47 Å². The van der Waals surface area contributed by atoms with Crippen LogP contribution in [0, 0.1) is 12.7 Å². The fourth-order valence-corrected chi connectivity index (χ4v) is 5.38. The molecular formula is C24H28FN7O3. The van der Waals surface area contributed by atoms with E-state index in [9.17, 15) is 9.18 Å². The number of carbonyl (C=O) groups is 2. The zero-order valence-electron chi connectivity index (χ0n) is 19.4. The van der Waals surface area contributed by atoms with Crippen molar-refractivity contribution in [2.75, 3.05) is 34.8 Å². The number of amides is 2. The van der Waals surface area contributed by atoms with E-state index in [2.05, 4.69) is 31.6 Å². The molecule has 0 aliphatic carbocycles. The Hall–Kier alpha value is -3.73. The molecule has 2 atom stereocenters. The lowest BCUT2D eigenvalue weighted by atomic mass is 9.93. The summed E-state index contributed by atoms with van der Waals surface area (Å²) in [6, 6.07) is 4.07. The summed E-state index contributed by atoms with van der Waals surface area (Å²) in [5.41, 5.74) is 3.69. The maximum atomic E-state index is 14.6. The number of aromatic nitrogens is 3. The lowest BCUT2D eigenvalue weighted by molar-refractivity contribution is -0.122. The summed E-state index contributed by atoms with van der Waals surface area (Å²) in [5.74, 6) is 0.161. The normalized spacial score (nSPS) is 20.7. The third-order valence-corrected chi connectivity index (χ3v) is 6.80. The average Bonchev–Trinajstić information content (AvgIpc) is 3.42. The van der Waals surface area contributed by atoms with E-state index >= 15 is 0 Å². The van der Waals surface area contributed by atoms with Crippen LogP contribution in [0.5, 0.6) is 0 Å². The van der Waals surface area contributed by atoms with Crippen molar-refractivity contribution in [3.63, 3.8) is 0 Å². The zero-order valence-corrected chi connectivity index (χ0v) is 19.4. The number of hydrogen-bond acceptors (Lipinski definition) is 6. The molecule has 10 nitrogen and oxygen atoms in total. The van der Waals surface area contributed by atoms with Gasteiger partial charge in [0.05, 0.1) is 11.4 Å². The Morgan fingerprint density at radius 2 is 2.03 bits per heavy atom. The third kappa shape index (κ3) is 4.51. The number of nitrogens with zero attached hydrogens (tertiary/aromatic N) is 5. The van der Waals surface area contributed by atoms with Gasteiger partial charge in [0.15, 0.2) is 5.82 Å². The molecule has 11 heteroatoms. The number of aryl methyl sites for hydroxylation is 1. The predicted molar refractivity (Wildman–Crippen MR) is 130 cm³/mol. The molecule has 2 bridgehead atoms. The van der Waals surface area contributed by atoms with E-state index in [0.29, 0.717) is 30.1 Å². The summed E-state index contributed by atoms with van der Waals surface area (Å²) >= 11 is 0. The number of fused-ring (bicyclic) bond motifs is 4. The quantitative estimate of drug-likeness (QED) is 0.482. The Bertz CT molecular complexity index is 1250. The van der Waals surface area contributed by atoms with Gasteiger partial charge in [-0.05, 0) is 32.3 Å². The van der Waals surface area contributed by atoms with Crippen LogP contribution in [0.4, 0.5) is 26.4 Å². The molecule has 3 aromatic rings. The standard InChI is InChI=1S/C23H26FN7O.CH2O2/c1-14-10-30-13-19(18(24)9-21(30)26-14)28-23(32)31-8-6-17-20(5-7-25-22(17)31)29-11-15-3-2-4-16(12-29)27-15;2-1-3/h5,7,9-10,13,15-16,27H,2-4,6,8,11-12H2,1H3,(H,28,32);1H,(H,2,3). The van der Waals surface area contributed by atoms with Gasteiger partial charge in [-0.2, -0.15) is 0 Å². The average molecular weight is 482 g/mol. The first-order chi connectivity index (χ1) is 17.0. The number of pyridine rings is 2. The molecule has 0 radical (unpaired) electrons. The van der Waals surface area contributed by atoms with Gasteiger partial charge in [0, 0.05) is 67.6 Å². The molecular weight excluding hydrogens is 453 g/mol. The molecule has 2 fully saturated rings. The number of carboxylic acid groups (broad SMARTS) is 1. The van der Waals surface area contributed by atoms with Crippen LogP contribution in [0.15, 0.2) is 30.7 Å². The van der Waals surface area contributed by atoms with E-state index in [1.54, 1.807) is 27.9 Å². The molecule has 3 aliphatic rings. The molecule has 2 unspecified atom stereocenters. The number of piperidine rings is 1. The first-order valence-corrected chi connectivity index (χ1v) is 11.8. The summed E-state index contributed by atoms with van der Waals surface area (Å²) < 4.78 is 16.3. The maximum absolute atomic E-state index is 14.6. The number of hydrogen-bond donors (Lipinski definition) is 3. The Kier molecular flexibility index (Phi) is 6.25. The maximum Gasteiger partial charge on any atom is 0.327 e. The highest BCUT2D eigenvalue weighted by atomic mass is 19.1. The Balaban J connectivity index is 0.000000806. The largest absolute Gasteiger partial charge is 0.483 e. The van der Waals surface area contributed by atoms with Gasteiger partial charge in [0.1, 0.15) is 11.5 Å². The number of carbonyl (C=O) groups excluding carboxylic acids is 1. The second kappa shape index (κ2) is 9.49. The first-order valence-electron chi connectivity index (χ1n) is 11.8. The van der Waals surface area contributed by atoms with Crippen LogP contribution >= 0.6 is 0 Å². The second-order valence-electron chi connectivity index (χ2n) is 9.15. The van der Waals surface area contributed by atoms with E-state index in [0.717, 1.165) is 30.8 Å². The van der Waals surface area contributed by atoms with Crippen molar-refractivity contribution in [2.45, 2.75) is 44.7 Å². The van der Waals surface area contributed by atoms with E-state index in [-0.39, 0.29) is 18.2 Å².